The van der Waals surface area contributed by atoms with Crippen LogP contribution in [0.2, 0.25) is 0 Å². The molecule has 0 unspecified atom stereocenters. The number of unbranched alkanes of at least 4 members (excludes halogenated alkanes) is 3. The first-order valence-electron chi connectivity index (χ1n) is 11.0. The molecule has 1 aliphatic rings. The molecule has 1 aromatic rings. The molecule has 1 aliphatic carbocycles. The van der Waals surface area contributed by atoms with Gasteiger partial charge in [0.15, 0.2) is 0 Å². The van der Waals surface area contributed by atoms with Gasteiger partial charge in [0, 0.05) is 30.8 Å². The Balaban J connectivity index is 1.54. The number of hydrogen-bond donors (Lipinski definition) is 1. The van der Waals surface area contributed by atoms with Gasteiger partial charge < -0.3 is 14.4 Å². The van der Waals surface area contributed by atoms with Gasteiger partial charge in [-0.05, 0) is 76.4 Å². The van der Waals surface area contributed by atoms with E-state index in [0.29, 0.717) is 4.90 Å². The molecule has 0 saturated heterocycles. The van der Waals surface area contributed by atoms with E-state index in [4.69, 9.17) is 9.47 Å². The molecule has 0 heterocycles. The number of sulfonamides is 1. The van der Waals surface area contributed by atoms with Crippen LogP contribution in [-0.4, -0.2) is 65.9 Å². The van der Waals surface area contributed by atoms with Crippen LogP contribution in [0.25, 0.3) is 0 Å². The zero-order valence-corrected chi connectivity index (χ0v) is 20.7. The van der Waals surface area contributed by atoms with Crippen LogP contribution in [0.5, 0.6) is 0 Å². The van der Waals surface area contributed by atoms with Gasteiger partial charge in [-0.15, -0.1) is 0 Å². The monoisotopic (exact) mass is 504 g/mol. The highest BCUT2D eigenvalue weighted by Crippen LogP contribution is 2.23. The molecule has 0 aromatic heterocycles. The second-order valence-electron chi connectivity index (χ2n) is 8.13. The number of nitrogens with one attached hydrogen (secondary N) is 1. The zero-order valence-electron chi connectivity index (χ0n) is 18.3. The first-order chi connectivity index (χ1) is 14.4. The molecule has 0 atom stereocenters. The molecule has 0 spiro atoms. The van der Waals surface area contributed by atoms with Crippen molar-refractivity contribution in [2.45, 2.75) is 68.4 Å². The molecule has 1 aromatic carbocycles. The van der Waals surface area contributed by atoms with Crippen molar-refractivity contribution in [2.24, 2.45) is 0 Å². The van der Waals surface area contributed by atoms with Crippen LogP contribution in [0.15, 0.2) is 33.6 Å². The third-order valence-electron chi connectivity index (χ3n) is 5.58. The Morgan fingerprint density at radius 1 is 1.00 bits per heavy atom. The summed E-state index contributed by atoms with van der Waals surface area (Å²) >= 11 is 3.33. The van der Waals surface area contributed by atoms with Gasteiger partial charge in [0.1, 0.15) is 0 Å². The van der Waals surface area contributed by atoms with Gasteiger partial charge in [0.2, 0.25) is 10.0 Å². The highest BCUT2D eigenvalue weighted by Gasteiger charge is 2.26. The summed E-state index contributed by atoms with van der Waals surface area (Å²) in [5.41, 5.74) is 0. The van der Waals surface area contributed by atoms with Gasteiger partial charge in [0.25, 0.3) is 0 Å². The van der Waals surface area contributed by atoms with E-state index in [1.165, 1.54) is 19.3 Å². The van der Waals surface area contributed by atoms with E-state index in [-0.39, 0.29) is 12.1 Å². The molecule has 0 radical (unpaired) electrons. The number of likely N-dealkylation sites (N-methyl/N-ethyl adjacent to an activating group) is 1. The van der Waals surface area contributed by atoms with Crippen molar-refractivity contribution in [1.29, 1.82) is 0 Å². The van der Waals surface area contributed by atoms with Gasteiger partial charge in [-0.3, -0.25) is 0 Å². The third kappa shape index (κ3) is 9.75. The number of hydrogen-bond acceptors (Lipinski definition) is 5. The Kier molecular flexibility index (Phi) is 11.8. The van der Waals surface area contributed by atoms with Crippen molar-refractivity contribution < 1.29 is 17.9 Å². The van der Waals surface area contributed by atoms with Crippen LogP contribution in [0.3, 0.4) is 0 Å². The van der Waals surface area contributed by atoms with Gasteiger partial charge in [-0.2, -0.15) is 0 Å². The van der Waals surface area contributed by atoms with Crippen LogP contribution >= 0.6 is 15.9 Å². The van der Waals surface area contributed by atoms with Gasteiger partial charge in [0.05, 0.1) is 17.6 Å². The van der Waals surface area contributed by atoms with E-state index in [0.717, 1.165) is 62.9 Å². The van der Waals surface area contributed by atoms with Crippen LogP contribution < -0.4 is 4.72 Å². The lowest BCUT2D eigenvalue weighted by molar-refractivity contribution is 0.0219. The summed E-state index contributed by atoms with van der Waals surface area (Å²) in [7, 11) is 0.418. The summed E-state index contributed by atoms with van der Waals surface area (Å²) in [4.78, 5) is 2.62. The number of methoxy groups -OCH3 is 1. The lowest BCUT2D eigenvalue weighted by Crippen LogP contribution is -2.39. The fourth-order valence-electron chi connectivity index (χ4n) is 3.69. The summed E-state index contributed by atoms with van der Waals surface area (Å²) in [6.45, 7) is 3.70. The predicted molar refractivity (Wildman–Crippen MR) is 124 cm³/mol. The van der Waals surface area contributed by atoms with Crippen LogP contribution in [0.1, 0.15) is 51.4 Å². The maximum Gasteiger partial charge on any atom is 0.240 e. The van der Waals surface area contributed by atoms with E-state index >= 15 is 0 Å². The molecule has 6 nitrogen and oxygen atoms in total. The first kappa shape index (κ1) is 25.7. The number of benzene rings is 1. The lowest BCUT2D eigenvalue weighted by Gasteiger charge is -2.29. The standard InChI is InChI=1S/C22H37BrN2O4S/c1-25(16-18-28-2)15-5-3-4-6-17-29-21-11-9-20(10-12-21)24-30(26,27)22-13-7-19(23)8-14-22/h7-8,13-14,20-21,24H,3-6,9-12,15-18H2,1-2H3. The average Bonchev–Trinajstić information content (AvgIpc) is 2.73. The number of halogens is 1. The summed E-state index contributed by atoms with van der Waals surface area (Å²) in [5.74, 6) is 0. The van der Waals surface area contributed by atoms with Crippen molar-refractivity contribution in [3.8, 4) is 0 Å². The third-order valence-corrected chi connectivity index (χ3v) is 7.65. The fraction of sp³-hybridized carbons (Fsp3) is 0.727. The fourth-order valence-corrected chi connectivity index (χ4v) is 5.26. The molecule has 8 heteroatoms. The lowest BCUT2D eigenvalue weighted by atomic mass is 9.94. The summed E-state index contributed by atoms with van der Waals surface area (Å²) < 4.78 is 39.9. The van der Waals surface area contributed by atoms with Crippen molar-refractivity contribution in [2.75, 3.05) is 40.5 Å². The van der Waals surface area contributed by atoms with Gasteiger partial charge in [-0.1, -0.05) is 28.8 Å². The maximum atomic E-state index is 12.5. The van der Waals surface area contributed by atoms with E-state index < -0.39 is 10.0 Å². The van der Waals surface area contributed by atoms with E-state index in [9.17, 15) is 8.42 Å². The molecule has 1 fully saturated rings. The van der Waals surface area contributed by atoms with Crippen LogP contribution in [0.4, 0.5) is 0 Å². The number of nitrogens with zero attached hydrogens (tertiary/aromatic N) is 1. The van der Waals surface area contributed by atoms with Gasteiger partial charge in [-0.25, -0.2) is 13.1 Å². The molecule has 172 valence electrons. The van der Waals surface area contributed by atoms with Crippen LogP contribution in [-0.2, 0) is 19.5 Å². The Labute approximate surface area is 190 Å². The largest absolute Gasteiger partial charge is 0.383 e. The zero-order chi connectivity index (χ0) is 21.8. The summed E-state index contributed by atoms with van der Waals surface area (Å²) in [6.07, 6.45) is 8.48. The van der Waals surface area contributed by atoms with Crippen molar-refractivity contribution in [3.63, 3.8) is 0 Å². The number of rotatable bonds is 14. The molecule has 0 bridgehead atoms. The first-order valence-corrected chi connectivity index (χ1v) is 13.3. The van der Waals surface area contributed by atoms with E-state index in [1.807, 2.05) is 0 Å². The predicted octanol–water partition coefficient (Wildman–Crippen LogP) is 4.19. The Bertz CT molecular complexity index is 692. The molecule has 1 N–H and O–H groups in total. The minimum Gasteiger partial charge on any atom is -0.383 e. The maximum absolute atomic E-state index is 12.5. The minimum atomic E-state index is -3.46. The minimum absolute atomic E-state index is 0.00593. The quantitative estimate of drug-likeness (QED) is 0.384. The molecule has 0 aliphatic heterocycles. The molecular weight excluding hydrogens is 468 g/mol. The summed E-state index contributed by atoms with van der Waals surface area (Å²) in [6, 6.07) is 6.74. The second kappa shape index (κ2) is 13.8. The normalized spacial score (nSPS) is 20.0. The van der Waals surface area contributed by atoms with Gasteiger partial charge >= 0.3 is 0 Å². The van der Waals surface area contributed by atoms with Crippen molar-refractivity contribution in [1.82, 2.24) is 9.62 Å². The highest BCUT2D eigenvalue weighted by atomic mass is 79.9. The van der Waals surface area contributed by atoms with Crippen LogP contribution in [0, 0.1) is 0 Å². The smallest absolute Gasteiger partial charge is 0.240 e. The topological polar surface area (TPSA) is 67.9 Å². The second-order valence-corrected chi connectivity index (χ2v) is 10.8. The molecule has 30 heavy (non-hydrogen) atoms. The SMILES string of the molecule is COCCN(C)CCCCCCOC1CCC(NS(=O)(=O)c2ccc(Br)cc2)CC1. The molecule has 2 rings (SSSR count). The average molecular weight is 506 g/mol. The Morgan fingerprint density at radius 2 is 1.67 bits per heavy atom. The highest BCUT2D eigenvalue weighted by molar-refractivity contribution is 9.10. The summed E-state index contributed by atoms with van der Waals surface area (Å²) in [5, 5.41) is 0. The number of ether oxygens (including phenoxy) is 2. The van der Waals surface area contributed by atoms with Crippen molar-refractivity contribution in [3.05, 3.63) is 28.7 Å². The molecule has 0 amide bonds. The van der Waals surface area contributed by atoms with Crippen molar-refractivity contribution >= 4 is 26.0 Å². The van der Waals surface area contributed by atoms with E-state index in [2.05, 4.69) is 32.6 Å². The Hall–Kier alpha value is -0.510. The Morgan fingerprint density at radius 3 is 2.33 bits per heavy atom. The molecular formula is C22H37BrN2O4S. The molecule has 1 saturated carbocycles. The van der Waals surface area contributed by atoms with E-state index in [1.54, 1.807) is 31.4 Å².